The molecule has 0 saturated heterocycles. The number of ether oxygens (including phenoxy) is 3. The Morgan fingerprint density at radius 3 is 1.76 bits per heavy atom. The number of halogens is 3. The molecule has 0 aliphatic rings. The Bertz CT molecular complexity index is 1200. The molecule has 1 unspecified atom stereocenters. The Morgan fingerprint density at radius 1 is 0.905 bits per heavy atom. The number of esters is 2. The molecule has 0 fully saturated rings. The van der Waals surface area contributed by atoms with Crippen LogP contribution >= 0.6 is 0 Å². The Balaban J connectivity index is 0.00000112. The maximum absolute atomic E-state index is 12.9. The summed E-state index contributed by atoms with van der Waals surface area (Å²) in [5.74, 6) is -2.77. The molecule has 0 aliphatic carbocycles. The van der Waals surface area contributed by atoms with Crippen molar-refractivity contribution in [3.05, 3.63) is 47.8 Å². The van der Waals surface area contributed by atoms with Crippen LogP contribution in [0.3, 0.4) is 0 Å². The topological polar surface area (TPSA) is 173 Å². The highest BCUT2D eigenvalue weighted by atomic mass is 19.4. The van der Waals surface area contributed by atoms with Crippen LogP contribution in [-0.2, 0) is 41.8 Å². The van der Waals surface area contributed by atoms with E-state index in [1.54, 1.807) is 63.4 Å². The molecule has 2 aromatic heterocycles. The van der Waals surface area contributed by atoms with Crippen molar-refractivity contribution in [2.75, 3.05) is 51.1 Å². The van der Waals surface area contributed by atoms with Gasteiger partial charge in [-0.1, -0.05) is 12.1 Å². The van der Waals surface area contributed by atoms with Gasteiger partial charge in [0.1, 0.15) is 24.8 Å². The van der Waals surface area contributed by atoms with E-state index in [2.05, 4.69) is 20.6 Å². The molecule has 2 aromatic rings. The van der Waals surface area contributed by atoms with Gasteiger partial charge in [-0.05, 0) is 33.2 Å². The van der Waals surface area contributed by atoms with Crippen LogP contribution in [0.5, 0.6) is 0 Å². The lowest BCUT2D eigenvalue weighted by Gasteiger charge is -2.29. The van der Waals surface area contributed by atoms with Crippen molar-refractivity contribution < 1.29 is 51.7 Å². The monoisotopic (exact) mass is 602 g/mol. The highest BCUT2D eigenvalue weighted by molar-refractivity contribution is 5.87. The zero-order valence-electron chi connectivity index (χ0n) is 23.6. The predicted molar refractivity (Wildman–Crippen MR) is 142 cm³/mol. The molecule has 2 heterocycles. The van der Waals surface area contributed by atoms with Crippen LogP contribution in [0.25, 0.3) is 0 Å². The molecule has 0 radical (unpaired) electrons. The number of alkyl halides is 3. The summed E-state index contributed by atoms with van der Waals surface area (Å²) in [5.41, 5.74) is 1.21. The number of carbonyl (C=O) groups is 4. The van der Waals surface area contributed by atoms with Crippen LogP contribution < -0.4 is 20.4 Å². The van der Waals surface area contributed by atoms with Crippen molar-refractivity contribution in [3.8, 4) is 0 Å². The van der Waals surface area contributed by atoms with Gasteiger partial charge in [0.05, 0.1) is 13.1 Å². The summed E-state index contributed by atoms with van der Waals surface area (Å²) in [7, 11) is 6.53. The summed E-state index contributed by atoms with van der Waals surface area (Å²) in [6.45, 7) is 1.84. The van der Waals surface area contributed by atoms with Crippen LogP contribution in [0.1, 0.15) is 18.1 Å². The maximum atomic E-state index is 12.9. The quantitative estimate of drug-likeness (QED) is 0.182. The fourth-order valence-corrected chi connectivity index (χ4v) is 2.98. The second kappa shape index (κ2) is 17.3. The Morgan fingerprint density at radius 2 is 1.33 bits per heavy atom. The molecule has 2 rings (SSSR count). The van der Waals surface area contributed by atoms with Gasteiger partial charge in [-0.3, -0.25) is 14.5 Å². The van der Waals surface area contributed by atoms with Crippen molar-refractivity contribution in [3.63, 3.8) is 0 Å². The van der Waals surface area contributed by atoms with E-state index < -0.39 is 36.4 Å². The number of anilines is 2. The summed E-state index contributed by atoms with van der Waals surface area (Å²) in [6, 6.07) is 6.91. The Labute approximate surface area is 239 Å². The lowest BCUT2D eigenvalue weighted by Crippen LogP contribution is -2.39. The van der Waals surface area contributed by atoms with E-state index in [4.69, 9.17) is 24.1 Å². The van der Waals surface area contributed by atoms with Gasteiger partial charge >= 0.3 is 30.2 Å². The molecule has 0 saturated carbocycles. The number of carboxylic acids is 1. The number of aromatic nitrogens is 2. The molecule has 1 amide bonds. The van der Waals surface area contributed by atoms with E-state index in [9.17, 15) is 27.6 Å². The van der Waals surface area contributed by atoms with Crippen LogP contribution in [-0.4, -0.2) is 92.8 Å². The highest BCUT2D eigenvalue weighted by Crippen LogP contribution is 2.22. The molecular weight excluding hydrogens is 569 g/mol. The fourth-order valence-electron chi connectivity index (χ4n) is 2.98. The summed E-state index contributed by atoms with van der Waals surface area (Å²) in [5, 5.41) is 12.6. The van der Waals surface area contributed by atoms with E-state index in [1.807, 2.05) is 0 Å². The van der Waals surface area contributed by atoms with Gasteiger partial charge in [0.15, 0.2) is 6.23 Å². The van der Waals surface area contributed by atoms with Crippen molar-refractivity contribution in [1.82, 2.24) is 20.6 Å². The number of pyridine rings is 2. The minimum atomic E-state index is -5.08. The Hall–Kier alpha value is -4.51. The molecule has 42 heavy (non-hydrogen) atoms. The number of nitrogens with zero attached hydrogens (tertiary/aromatic N) is 4. The first-order valence-electron chi connectivity index (χ1n) is 12.2. The maximum Gasteiger partial charge on any atom is 0.490 e. The lowest BCUT2D eigenvalue weighted by atomic mass is 10.2. The number of amides is 1. The number of hydrogen-bond acceptors (Lipinski definition) is 12. The van der Waals surface area contributed by atoms with E-state index in [0.717, 1.165) is 0 Å². The summed E-state index contributed by atoms with van der Waals surface area (Å²) in [4.78, 5) is 56.6. The van der Waals surface area contributed by atoms with Gasteiger partial charge in [-0.15, -0.1) is 0 Å². The smallest absolute Gasteiger partial charge is 0.475 e. The zero-order chi connectivity index (χ0) is 31.9. The normalized spacial score (nSPS) is 11.3. The predicted octanol–water partition coefficient (Wildman–Crippen LogP) is 1.69. The van der Waals surface area contributed by atoms with E-state index in [1.165, 1.54) is 18.1 Å². The molecule has 0 aliphatic heterocycles. The fraction of sp³-hybridized carbons (Fsp3) is 0.440. The molecular formula is C25H33F3N6O8. The SMILES string of the molecule is CNCC(=O)OCc1cccnc1N(C)C(=O)OC(C)N(C)c1ncccc1COC(=O)CNC.O=C(O)C(F)(F)F. The van der Waals surface area contributed by atoms with Crippen LogP contribution in [0, 0.1) is 0 Å². The molecule has 3 N–H and O–H groups in total. The molecule has 0 bridgehead atoms. The third-order valence-corrected chi connectivity index (χ3v) is 5.14. The molecule has 1 atom stereocenters. The first-order valence-corrected chi connectivity index (χ1v) is 12.2. The molecule has 17 heteroatoms. The largest absolute Gasteiger partial charge is 0.490 e. The number of aliphatic carboxylic acids is 1. The lowest BCUT2D eigenvalue weighted by molar-refractivity contribution is -0.192. The van der Waals surface area contributed by atoms with Gasteiger partial charge in [-0.2, -0.15) is 13.2 Å². The van der Waals surface area contributed by atoms with Gasteiger partial charge in [-0.25, -0.2) is 19.6 Å². The van der Waals surface area contributed by atoms with Gasteiger partial charge in [0.2, 0.25) is 0 Å². The minimum absolute atomic E-state index is 0.0260. The third-order valence-electron chi connectivity index (χ3n) is 5.14. The number of nitrogens with one attached hydrogen (secondary N) is 2. The molecule has 14 nitrogen and oxygen atoms in total. The summed E-state index contributed by atoms with van der Waals surface area (Å²) < 4.78 is 47.8. The molecule has 232 valence electrons. The molecule has 0 spiro atoms. The van der Waals surface area contributed by atoms with E-state index in [0.29, 0.717) is 22.8 Å². The van der Waals surface area contributed by atoms with E-state index in [-0.39, 0.29) is 26.3 Å². The van der Waals surface area contributed by atoms with Crippen LogP contribution in [0.15, 0.2) is 36.7 Å². The average molecular weight is 603 g/mol. The number of hydrogen-bond donors (Lipinski definition) is 3. The van der Waals surface area contributed by atoms with Gasteiger partial charge in [0, 0.05) is 37.6 Å². The van der Waals surface area contributed by atoms with Crippen molar-refractivity contribution in [1.29, 1.82) is 0 Å². The number of carbonyl (C=O) groups excluding carboxylic acids is 3. The minimum Gasteiger partial charge on any atom is -0.475 e. The van der Waals surface area contributed by atoms with Crippen molar-refractivity contribution in [2.45, 2.75) is 32.5 Å². The number of likely N-dealkylation sites (N-methyl/N-ethyl adjacent to an activating group) is 2. The van der Waals surface area contributed by atoms with Crippen LogP contribution in [0.4, 0.5) is 29.6 Å². The number of carboxylic acid groups (broad SMARTS) is 1. The zero-order valence-corrected chi connectivity index (χ0v) is 23.6. The summed E-state index contributed by atoms with van der Waals surface area (Å²) >= 11 is 0. The average Bonchev–Trinajstić information content (AvgIpc) is 2.94. The standard InChI is InChI=1S/C23H32N6O6.C2HF3O2/c1-16(28(4)21-17(8-6-10-26-21)14-33-19(30)12-24-2)35-23(32)29(5)22-18(9-7-11-27-22)15-34-20(31)13-25-3;3-2(4,5)1(6)7/h6-11,16,24-25H,12-15H2,1-5H3;(H,6,7). The number of rotatable bonds is 12. The van der Waals surface area contributed by atoms with Crippen molar-refractivity contribution >= 4 is 35.6 Å². The Kier molecular flexibility index (Phi) is 14.7. The first-order chi connectivity index (χ1) is 19.7. The van der Waals surface area contributed by atoms with Gasteiger partial charge < -0.3 is 34.9 Å². The second-order valence-corrected chi connectivity index (χ2v) is 8.31. The summed E-state index contributed by atoms with van der Waals surface area (Å²) in [6.07, 6.45) is -3.33. The van der Waals surface area contributed by atoms with Crippen LogP contribution in [0.2, 0.25) is 0 Å². The second-order valence-electron chi connectivity index (χ2n) is 8.31. The van der Waals surface area contributed by atoms with E-state index >= 15 is 0 Å². The first kappa shape index (κ1) is 35.5. The van der Waals surface area contributed by atoms with Gasteiger partial charge in [0.25, 0.3) is 0 Å². The molecule has 0 aromatic carbocycles. The third kappa shape index (κ3) is 11.9. The van der Waals surface area contributed by atoms with Crippen molar-refractivity contribution in [2.24, 2.45) is 0 Å². The highest BCUT2D eigenvalue weighted by Gasteiger charge is 2.38.